The summed E-state index contributed by atoms with van der Waals surface area (Å²) >= 11 is 0. The lowest BCUT2D eigenvalue weighted by atomic mass is 10.1. The Morgan fingerprint density at radius 2 is 2.28 bits per heavy atom. The third-order valence-electron chi connectivity index (χ3n) is 5.27. The molecule has 2 aliphatic rings. The zero-order chi connectivity index (χ0) is 17.4. The number of ether oxygens (including phenoxy) is 1. The van der Waals surface area contributed by atoms with E-state index >= 15 is 0 Å². The highest BCUT2D eigenvalue weighted by Crippen LogP contribution is 2.27. The maximum atomic E-state index is 5.52. The fraction of sp³-hybridized carbons (Fsp3) is 0.611. The summed E-state index contributed by atoms with van der Waals surface area (Å²) in [5, 5.41) is 7.96. The van der Waals surface area contributed by atoms with Gasteiger partial charge in [0, 0.05) is 50.6 Å². The molecule has 0 spiro atoms. The van der Waals surface area contributed by atoms with Gasteiger partial charge in [-0.05, 0) is 26.3 Å². The molecule has 0 bridgehead atoms. The molecule has 1 atom stereocenters. The van der Waals surface area contributed by atoms with Gasteiger partial charge in [0.05, 0.1) is 24.4 Å². The van der Waals surface area contributed by atoms with Crippen LogP contribution in [0.15, 0.2) is 6.20 Å². The molecular weight excluding hydrogens is 316 g/mol. The number of methoxy groups -OCH3 is 1. The third-order valence-corrected chi connectivity index (χ3v) is 5.27. The normalized spacial score (nSPS) is 20.7. The van der Waals surface area contributed by atoms with Crippen molar-refractivity contribution in [2.24, 2.45) is 7.05 Å². The van der Waals surface area contributed by atoms with Gasteiger partial charge in [0.15, 0.2) is 0 Å². The van der Waals surface area contributed by atoms with Gasteiger partial charge >= 0.3 is 0 Å². The molecule has 7 heteroatoms. The van der Waals surface area contributed by atoms with E-state index in [1.807, 2.05) is 24.9 Å². The largest absolute Gasteiger partial charge is 0.481 e. The van der Waals surface area contributed by atoms with E-state index in [0.717, 1.165) is 56.4 Å². The highest BCUT2D eigenvalue weighted by atomic mass is 16.5. The molecule has 1 fully saturated rings. The molecule has 0 radical (unpaired) electrons. The van der Waals surface area contributed by atoms with Crippen molar-refractivity contribution in [3.05, 3.63) is 34.5 Å². The Kier molecular flexibility index (Phi) is 4.43. The van der Waals surface area contributed by atoms with Gasteiger partial charge in [-0.25, -0.2) is 14.6 Å². The molecule has 0 amide bonds. The SMILES string of the molecule is COc1c(CN2CCc3nc(C4CCCN4)ncc3C2)c(C)nn1C. The molecule has 134 valence electrons. The van der Waals surface area contributed by atoms with Crippen molar-refractivity contribution in [3.63, 3.8) is 0 Å². The van der Waals surface area contributed by atoms with Crippen LogP contribution in [0.2, 0.25) is 0 Å². The standard InChI is InChI=1S/C18H26N6O/c1-12-14(18(25-3)23(2)22-12)11-24-8-6-15-13(10-24)9-20-17(21-15)16-5-4-7-19-16/h9,16,19H,4-8,10-11H2,1-3H3. The highest BCUT2D eigenvalue weighted by molar-refractivity contribution is 5.31. The first-order chi connectivity index (χ1) is 12.2. The van der Waals surface area contributed by atoms with Crippen LogP contribution < -0.4 is 10.1 Å². The Labute approximate surface area is 148 Å². The summed E-state index contributed by atoms with van der Waals surface area (Å²) in [6.07, 6.45) is 5.35. The third kappa shape index (κ3) is 3.14. The van der Waals surface area contributed by atoms with Crippen molar-refractivity contribution < 1.29 is 4.74 Å². The molecule has 4 rings (SSSR count). The number of rotatable bonds is 4. The van der Waals surface area contributed by atoms with Gasteiger partial charge in [-0.2, -0.15) is 5.10 Å². The summed E-state index contributed by atoms with van der Waals surface area (Å²) in [7, 11) is 3.63. The van der Waals surface area contributed by atoms with Crippen molar-refractivity contribution in [1.29, 1.82) is 0 Å². The van der Waals surface area contributed by atoms with E-state index in [4.69, 9.17) is 9.72 Å². The number of aryl methyl sites for hydroxylation is 2. The molecule has 1 N–H and O–H groups in total. The summed E-state index contributed by atoms with van der Waals surface area (Å²) in [4.78, 5) is 11.9. The predicted molar refractivity (Wildman–Crippen MR) is 94.3 cm³/mol. The van der Waals surface area contributed by atoms with Crippen LogP contribution in [0.1, 0.15) is 47.2 Å². The van der Waals surface area contributed by atoms with Gasteiger partial charge < -0.3 is 10.1 Å². The monoisotopic (exact) mass is 342 g/mol. The van der Waals surface area contributed by atoms with Gasteiger partial charge in [-0.15, -0.1) is 0 Å². The molecule has 0 aromatic carbocycles. The molecule has 1 unspecified atom stereocenters. The summed E-state index contributed by atoms with van der Waals surface area (Å²) in [5.41, 5.74) is 4.66. The second-order valence-electron chi connectivity index (χ2n) is 7.01. The molecule has 4 heterocycles. The van der Waals surface area contributed by atoms with E-state index in [1.165, 1.54) is 23.2 Å². The van der Waals surface area contributed by atoms with Crippen LogP contribution >= 0.6 is 0 Å². The van der Waals surface area contributed by atoms with Crippen molar-refractivity contribution in [2.45, 2.75) is 45.3 Å². The molecule has 7 nitrogen and oxygen atoms in total. The van der Waals surface area contributed by atoms with E-state index in [9.17, 15) is 0 Å². The zero-order valence-corrected chi connectivity index (χ0v) is 15.2. The first-order valence-corrected chi connectivity index (χ1v) is 9.02. The summed E-state index contributed by atoms with van der Waals surface area (Å²) < 4.78 is 7.33. The smallest absolute Gasteiger partial charge is 0.216 e. The summed E-state index contributed by atoms with van der Waals surface area (Å²) in [6, 6.07) is 0.339. The molecule has 2 aliphatic heterocycles. The minimum Gasteiger partial charge on any atom is -0.481 e. The van der Waals surface area contributed by atoms with Crippen LogP contribution in [0.4, 0.5) is 0 Å². The maximum Gasteiger partial charge on any atom is 0.216 e. The lowest BCUT2D eigenvalue weighted by Gasteiger charge is -2.28. The van der Waals surface area contributed by atoms with Crippen LogP contribution in [0.3, 0.4) is 0 Å². The van der Waals surface area contributed by atoms with Crippen molar-refractivity contribution in [3.8, 4) is 5.88 Å². The Bertz CT molecular complexity index is 765. The molecule has 25 heavy (non-hydrogen) atoms. The number of fused-ring (bicyclic) bond motifs is 1. The Balaban J connectivity index is 1.50. The first kappa shape index (κ1) is 16.5. The second kappa shape index (κ2) is 6.72. The minimum atomic E-state index is 0.339. The zero-order valence-electron chi connectivity index (χ0n) is 15.2. The van der Waals surface area contributed by atoms with Crippen molar-refractivity contribution in [1.82, 2.24) is 30.0 Å². The average Bonchev–Trinajstić information content (AvgIpc) is 3.23. The molecule has 2 aromatic heterocycles. The molecule has 0 saturated carbocycles. The number of nitrogens with one attached hydrogen (secondary N) is 1. The molecule has 0 aliphatic carbocycles. The van der Waals surface area contributed by atoms with Gasteiger partial charge in [0.1, 0.15) is 5.82 Å². The van der Waals surface area contributed by atoms with Crippen LogP contribution in [0.5, 0.6) is 5.88 Å². The van der Waals surface area contributed by atoms with Crippen LogP contribution in [-0.2, 0) is 26.6 Å². The van der Waals surface area contributed by atoms with E-state index in [-0.39, 0.29) is 0 Å². The lowest BCUT2D eigenvalue weighted by Crippen LogP contribution is -2.31. The van der Waals surface area contributed by atoms with Crippen LogP contribution in [-0.4, -0.2) is 44.8 Å². The van der Waals surface area contributed by atoms with E-state index in [0.29, 0.717) is 6.04 Å². The average molecular weight is 342 g/mol. The van der Waals surface area contributed by atoms with Gasteiger partial charge in [0.25, 0.3) is 0 Å². The number of nitrogens with zero attached hydrogens (tertiary/aromatic N) is 5. The van der Waals surface area contributed by atoms with Crippen molar-refractivity contribution in [2.75, 3.05) is 20.2 Å². The Morgan fingerprint density at radius 1 is 1.40 bits per heavy atom. The number of hydrogen-bond acceptors (Lipinski definition) is 6. The first-order valence-electron chi connectivity index (χ1n) is 9.02. The topological polar surface area (TPSA) is 68.1 Å². The van der Waals surface area contributed by atoms with Crippen LogP contribution in [0.25, 0.3) is 0 Å². The molecule has 2 aromatic rings. The maximum absolute atomic E-state index is 5.52. The minimum absolute atomic E-state index is 0.339. The fourth-order valence-corrected chi connectivity index (χ4v) is 3.94. The summed E-state index contributed by atoms with van der Waals surface area (Å²) in [6.45, 7) is 5.84. The van der Waals surface area contributed by atoms with Gasteiger partial charge in [-0.1, -0.05) is 0 Å². The number of aromatic nitrogens is 4. The van der Waals surface area contributed by atoms with Gasteiger partial charge in [0.2, 0.25) is 5.88 Å². The summed E-state index contributed by atoms with van der Waals surface area (Å²) in [5.74, 6) is 1.82. The van der Waals surface area contributed by atoms with Crippen molar-refractivity contribution >= 4 is 0 Å². The van der Waals surface area contributed by atoms with E-state index in [1.54, 1.807) is 7.11 Å². The number of hydrogen-bond donors (Lipinski definition) is 1. The highest BCUT2D eigenvalue weighted by Gasteiger charge is 2.24. The Hall–Kier alpha value is -1.99. The van der Waals surface area contributed by atoms with Crippen LogP contribution in [0, 0.1) is 6.92 Å². The van der Waals surface area contributed by atoms with E-state index in [2.05, 4.69) is 20.3 Å². The predicted octanol–water partition coefficient (Wildman–Crippen LogP) is 1.51. The fourth-order valence-electron chi connectivity index (χ4n) is 3.94. The quantitative estimate of drug-likeness (QED) is 0.908. The molecular formula is C18H26N6O. The molecule has 1 saturated heterocycles. The van der Waals surface area contributed by atoms with Gasteiger partial charge in [-0.3, -0.25) is 4.90 Å². The van der Waals surface area contributed by atoms with E-state index < -0.39 is 0 Å². The lowest BCUT2D eigenvalue weighted by molar-refractivity contribution is 0.237. The Morgan fingerprint density at radius 3 is 3.04 bits per heavy atom. The second-order valence-corrected chi connectivity index (χ2v) is 7.01.